The summed E-state index contributed by atoms with van der Waals surface area (Å²) in [7, 11) is 0. The zero-order chi connectivity index (χ0) is 13.5. The van der Waals surface area contributed by atoms with Crippen molar-refractivity contribution in [2.75, 3.05) is 25.0 Å². The molecule has 1 aromatic rings. The Bertz CT molecular complexity index is 358. The molecule has 0 aliphatic heterocycles. The molecule has 19 heavy (non-hydrogen) atoms. The molecule has 0 spiro atoms. The zero-order valence-electron chi connectivity index (χ0n) is 11.9. The summed E-state index contributed by atoms with van der Waals surface area (Å²) in [6, 6.07) is 7.37. The molecule has 0 radical (unpaired) electrons. The Labute approximate surface area is 116 Å². The predicted octanol–water partition coefficient (Wildman–Crippen LogP) is 3.89. The maximum absolute atomic E-state index is 12.8. The summed E-state index contributed by atoms with van der Waals surface area (Å²) in [5.41, 5.74) is 1.00. The Kier molecular flexibility index (Phi) is 5.64. The van der Waals surface area contributed by atoms with E-state index < -0.39 is 0 Å². The fraction of sp³-hybridized carbons (Fsp3) is 0.625. The number of anilines is 1. The standard InChI is InChI=1S/C16H25FN2/c1-2-19(16-6-4-3-5-7-16)13-12-18-15-10-8-14(17)9-11-15/h8-11,16,18H,2-7,12-13H2,1H3. The van der Waals surface area contributed by atoms with Gasteiger partial charge in [-0.15, -0.1) is 0 Å². The molecule has 0 aromatic heterocycles. The van der Waals surface area contributed by atoms with Gasteiger partial charge < -0.3 is 5.32 Å². The van der Waals surface area contributed by atoms with E-state index in [1.54, 1.807) is 12.1 Å². The van der Waals surface area contributed by atoms with Crippen molar-refractivity contribution in [3.8, 4) is 0 Å². The van der Waals surface area contributed by atoms with Crippen LogP contribution in [0.4, 0.5) is 10.1 Å². The van der Waals surface area contributed by atoms with E-state index in [1.807, 2.05) is 0 Å². The number of hydrogen-bond acceptors (Lipinski definition) is 2. The van der Waals surface area contributed by atoms with Crippen LogP contribution in [0.25, 0.3) is 0 Å². The molecule has 1 aliphatic carbocycles. The molecule has 0 saturated heterocycles. The van der Waals surface area contributed by atoms with Crippen LogP contribution in [0, 0.1) is 5.82 Å². The minimum atomic E-state index is -0.178. The van der Waals surface area contributed by atoms with E-state index in [-0.39, 0.29) is 5.82 Å². The van der Waals surface area contributed by atoms with E-state index in [2.05, 4.69) is 17.1 Å². The quantitative estimate of drug-likeness (QED) is 0.838. The average molecular weight is 264 g/mol. The third-order valence-corrected chi connectivity index (χ3v) is 4.07. The van der Waals surface area contributed by atoms with E-state index in [9.17, 15) is 4.39 Å². The molecule has 0 heterocycles. The Morgan fingerprint density at radius 2 is 1.84 bits per heavy atom. The van der Waals surface area contributed by atoms with Crippen molar-refractivity contribution in [2.45, 2.75) is 45.1 Å². The summed E-state index contributed by atoms with van der Waals surface area (Å²) in [4.78, 5) is 2.58. The van der Waals surface area contributed by atoms with Gasteiger partial charge in [0.15, 0.2) is 0 Å². The number of benzene rings is 1. The third kappa shape index (κ3) is 4.50. The number of rotatable bonds is 6. The van der Waals surface area contributed by atoms with E-state index in [4.69, 9.17) is 0 Å². The highest BCUT2D eigenvalue weighted by atomic mass is 19.1. The Balaban J connectivity index is 1.74. The molecule has 1 saturated carbocycles. The van der Waals surface area contributed by atoms with Gasteiger partial charge in [0.2, 0.25) is 0 Å². The maximum atomic E-state index is 12.8. The van der Waals surface area contributed by atoms with Crippen LogP contribution in [0.2, 0.25) is 0 Å². The summed E-state index contributed by atoms with van der Waals surface area (Å²) in [6.45, 7) is 5.36. The summed E-state index contributed by atoms with van der Waals surface area (Å²) in [5.74, 6) is -0.178. The molecule has 0 unspecified atom stereocenters. The van der Waals surface area contributed by atoms with Crippen molar-refractivity contribution in [2.24, 2.45) is 0 Å². The molecule has 1 fully saturated rings. The summed E-state index contributed by atoms with van der Waals surface area (Å²) in [6.07, 6.45) is 6.87. The third-order valence-electron chi connectivity index (χ3n) is 4.07. The van der Waals surface area contributed by atoms with Crippen LogP contribution in [0.3, 0.4) is 0 Å². The number of nitrogens with zero attached hydrogens (tertiary/aromatic N) is 1. The van der Waals surface area contributed by atoms with Crippen molar-refractivity contribution in [3.63, 3.8) is 0 Å². The molecular weight excluding hydrogens is 239 g/mol. The molecular formula is C16H25FN2. The summed E-state index contributed by atoms with van der Waals surface area (Å²) < 4.78 is 12.8. The van der Waals surface area contributed by atoms with Crippen LogP contribution in [0.5, 0.6) is 0 Å². The highest BCUT2D eigenvalue weighted by Crippen LogP contribution is 2.22. The first-order valence-electron chi connectivity index (χ1n) is 7.53. The fourth-order valence-electron chi connectivity index (χ4n) is 2.96. The van der Waals surface area contributed by atoms with Gasteiger partial charge in [-0.2, -0.15) is 0 Å². The van der Waals surface area contributed by atoms with Gasteiger partial charge in [-0.3, -0.25) is 4.90 Å². The maximum Gasteiger partial charge on any atom is 0.123 e. The highest BCUT2D eigenvalue weighted by molar-refractivity contribution is 5.42. The first-order chi connectivity index (χ1) is 9.29. The number of hydrogen-bond donors (Lipinski definition) is 1. The zero-order valence-corrected chi connectivity index (χ0v) is 11.9. The number of halogens is 1. The Hall–Kier alpha value is -1.09. The predicted molar refractivity (Wildman–Crippen MR) is 79.0 cm³/mol. The lowest BCUT2D eigenvalue weighted by atomic mass is 9.94. The van der Waals surface area contributed by atoms with E-state index in [0.29, 0.717) is 0 Å². The summed E-state index contributed by atoms with van der Waals surface area (Å²) in [5, 5.41) is 3.37. The van der Waals surface area contributed by atoms with Crippen LogP contribution >= 0.6 is 0 Å². The van der Waals surface area contributed by atoms with Crippen LogP contribution < -0.4 is 5.32 Å². The van der Waals surface area contributed by atoms with Gasteiger partial charge in [0.1, 0.15) is 5.82 Å². The molecule has 3 heteroatoms. The van der Waals surface area contributed by atoms with Crippen LogP contribution in [-0.2, 0) is 0 Å². The van der Waals surface area contributed by atoms with Gasteiger partial charge in [0.25, 0.3) is 0 Å². The van der Waals surface area contributed by atoms with Gasteiger partial charge in [0.05, 0.1) is 0 Å². The number of nitrogens with one attached hydrogen (secondary N) is 1. The van der Waals surface area contributed by atoms with E-state index >= 15 is 0 Å². The largest absolute Gasteiger partial charge is 0.384 e. The molecule has 2 nitrogen and oxygen atoms in total. The SMILES string of the molecule is CCN(CCNc1ccc(F)cc1)C1CCCCC1. The average Bonchev–Trinajstić information content (AvgIpc) is 2.46. The van der Waals surface area contributed by atoms with Crippen LogP contribution in [-0.4, -0.2) is 30.6 Å². The first-order valence-corrected chi connectivity index (χ1v) is 7.53. The molecule has 2 rings (SSSR count). The van der Waals surface area contributed by atoms with Crippen molar-refractivity contribution >= 4 is 5.69 Å². The lowest BCUT2D eigenvalue weighted by molar-refractivity contribution is 0.169. The second-order valence-electron chi connectivity index (χ2n) is 5.35. The van der Waals surface area contributed by atoms with Gasteiger partial charge in [-0.1, -0.05) is 26.2 Å². The van der Waals surface area contributed by atoms with Gasteiger partial charge in [0, 0.05) is 24.8 Å². The minimum absolute atomic E-state index is 0.178. The van der Waals surface area contributed by atoms with Crippen LogP contribution in [0.1, 0.15) is 39.0 Å². The second kappa shape index (κ2) is 7.49. The van der Waals surface area contributed by atoms with Crippen molar-refractivity contribution in [1.82, 2.24) is 4.90 Å². The molecule has 1 aromatic carbocycles. The molecule has 106 valence electrons. The van der Waals surface area contributed by atoms with Crippen LogP contribution in [0.15, 0.2) is 24.3 Å². The lowest BCUT2D eigenvalue weighted by Crippen LogP contribution is -2.39. The van der Waals surface area contributed by atoms with Gasteiger partial charge in [-0.25, -0.2) is 4.39 Å². The molecule has 0 bridgehead atoms. The minimum Gasteiger partial charge on any atom is -0.384 e. The highest BCUT2D eigenvalue weighted by Gasteiger charge is 2.19. The van der Waals surface area contributed by atoms with Crippen molar-refractivity contribution in [1.29, 1.82) is 0 Å². The van der Waals surface area contributed by atoms with Gasteiger partial charge >= 0.3 is 0 Å². The first kappa shape index (κ1) is 14.3. The Morgan fingerprint density at radius 3 is 2.47 bits per heavy atom. The second-order valence-corrected chi connectivity index (χ2v) is 5.35. The lowest BCUT2D eigenvalue weighted by Gasteiger charge is -2.33. The van der Waals surface area contributed by atoms with E-state index in [0.717, 1.165) is 31.4 Å². The molecule has 0 atom stereocenters. The van der Waals surface area contributed by atoms with Crippen molar-refractivity contribution in [3.05, 3.63) is 30.1 Å². The monoisotopic (exact) mass is 264 g/mol. The normalized spacial score (nSPS) is 16.8. The summed E-state index contributed by atoms with van der Waals surface area (Å²) >= 11 is 0. The topological polar surface area (TPSA) is 15.3 Å². The smallest absolute Gasteiger partial charge is 0.123 e. The van der Waals surface area contributed by atoms with Crippen molar-refractivity contribution < 1.29 is 4.39 Å². The molecule has 1 N–H and O–H groups in total. The number of likely N-dealkylation sites (N-methyl/N-ethyl adjacent to an activating group) is 1. The molecule has 1 aliphatic rings. The molecule has 0 amide bonds. The fourth-order valence-corrected chi connectivity index (χ4v) is 2.96. The van der Waals surface area contributed by atoms with Gasteiger partial charge in [-0.05, 0) is 43.7 Å². The Morgan fingerprint density at radius 1 is 1.16 bits per heavy atom. The van der Waals surface area contributed by atoms with E-state index in [1.165, 1.54) is 44.2 Å².